The van der Waals surface area contributed by atoms with Gasteiger partial charge < -0.3 is 24.6 Å². The van der Waals surface area contributed by atoms with E-state index in [0.717, 1.165) is 13.0 Å². The van der Waals surface area contributed by atoms with Gasteiger partial charge in [-0.1, -0.05) is 0 Å². The van der Waals surface area contributed by atoms with E-state index in [0.29, 0.717) is 71.8 Å². The van der Waals surface area contributed by atoms with Gasteiger partial charge >= 0.3 is 23.9 Å². The topological polar surface area (TPSA) is 140 Å². The molecular weight excluding hydrogens is 484 g/mol. The van der Waals surface area contributed by atoms with Gasteiger partial charge in [-0.3, -0.25) is 33.9 Å². The summed E-state index contributed by atoms with van der Waals surface area (Å²) in [5.74, 6) is -2.43. The van der Waals surface area contributed by atoms with Crippen molar-refractivity contribution < 1.29 is 38.9 Å². The molecule has 12 nitrogen and oxygen atoms in total. The Balaban J connectivity index is 2.91. The fraction of sp³-hybridized carbons (Fsp3) is 0.840. The Morgan fingerprint density at radius 3 is 1.51 bits per heavy atom. The van der Waals surface area contributed by atoms with Crippen molar-refractivity contribution in [3.8, 4) is 0 Å². The molecule has 0 atom stereocenters. The van der Waals surface area contributed by atoms with Crippen molar-refractivity contribution in [1.29, 1.82) is 0 Å². The first kappa shape index (κ1) is 32.7. The standard InChI is InChI=1S/C25H46N4O8/c1-5-36-23(34)8-6-7-9-26-10-12-27(18-21(30)31)14-15-28(19-22(32)33)16-17-29(13-11-26)20-24(35)37-25(2,3)4/h5-20H2,1-4H3,(H,30,31)(H,32,33). The van der Waals surface area contributed by atoms with E-state index in [2.05, 4.69) is 4.90 Å². The number of unbranched alkanes of at least 4 members (excludes halogenated alkanes) is 1. The third kappa shape index (κ3) is 17.0. The quantitative estimate of drug-likeness (QED) is 0.267. The molecule has 12 heteroatoms. The van der Waals surface area contributed by atoms with Crippen molar-refractivity contribution >= 4 is 23.9 Å². The molecule has 1 aliphatic rings. The molecule has 0 saturated carbocycles. The molecule has 0 aliphatic carbocycles. The summed E-state index contributed by atoms with van der Waals surface area (Å²) >= 11 is 0. The summed E-state index contributed by atoms with van der Waals surface area (Å²) in [6, 6.07) is 0. The second kappa shape index (κ2) is 17.3. The average molecular weight is 531 g/mol. The minimum absolute atomic E-state index is 0.0972. The maximum Gasteiger partial charge on any atom is 0.320 e. The number of carbonyl (C=O) groups excluding carboxylic acids is 2. The van der Waals surface area contributed by atoms with Crippen LogP contribution in [0.3, 0.4) is 0 Å². The van der Waals surface area contributed by atoms with Gasteiger partial charge in [0.05, 0.1) is 26.2 Å². The molecule has 0 unspecified atom stereocenters. The summed E-state index contributed by atoms with van der Waals surface area (Å²) in [5, 5.41) is 18.7. The maximum absolute atomic E-state index is 12.5. The van der Waals surface area contributed by atoms with E-state index in [1.54, 1.807) is 11.8 Å². The number of carboxylic acid groups (broad SMARTS) is 2. The third-order valence-corrected chi connectivity index (χ3v) is 5.83. The van der Waals surface area contributed by atoms with Crippen molar-refractivity contribution in [2.24, 2.45) is 0 Å². The molecule has 0 aromatic rings. The second-order valence-corrected chi connectivity index (χ2v) is 10.3. The molecule has 0 aromatic heterocycles. The van der Waals surface area contributed by atoms with Crippen LogP contribution in [0.5, 0.6) is 0 Å². The highest BCUT2D eigenvalue weighted by atomic mass is 16.6. The smallest absolute Gasteiger partial charge is 0.320 e. The molecule has 0 spiro atoms. The van der Waals surface area contributed by atoms with Crippen LogP contribution in [0.2, 0.25) is 0 Å². The van der Waals surface area contributed by atoms with Gasteiger partial charge in [0, 0.05) is 58.8 Å². The van der Waals surface area contributed by atoms with E-state index < -0.39 is 17.5 Å². The molecule has 214 valence electrons. The lowest BCUT2D eigenvalue weighted by molar-refractivity contribution is -0.156. The Morgan fingerprint density at radius 1 is 0.676 bits per heavy atom. The Morgan fingerprint density at radius 2 is 1.11 bits per heavy atom. The van der Waals surface area contributed by atoms with Crippen LogP contribution >= 0.6 is 0 Å². The van der Waals surface area contributed by atoms with Gasteiger partial charge in [0.2, 0.25) is 0 Å². The fourth-order valence-electron chi connectivity index (χ4n) is 4.05. The lowest BCUT2D eigenvalue weighted by Gasteiger charge is -2.33. The lowest BCUT2D eigenvalue weighted by Crippen LogP contribution is -2.48. The van der Waals surface area contributed by atoms with Gasteiger partial charge in [-0.25, -0.2) is 0 Å². The molecule has 0 amide bonds. The molecule has 1 aliphatic heterocycles. The Hall–Kier alpha value is -2.28. The molecule has 2 N–H and O–H groups in total. The molecule has 37 heavy (non-hydrogen) atoms. The largest absolute Gasteiger partial charge is 0.480 e. The van der Waals surface area contributed by atoms with Crippen LogP contribution < -0.4 is 0 Å². The van der Waals surface area contributed by atoms with Crippen LogP contribution in [0, 0.1) is 0 Å². The normalized spacial score (nSPS) is 17.9. The minimum Gasteiger partial charge on any atom is -0.480 e. The number of carbonyl (C=O) groups is 4. The van der Waals surface area contributed by atoms with Crippen molar-refractivity contribution in [3.05, 3.63) is 0 Å². The Kier molecular flexibility index (Phi) is 15.3. The molecule has 0 radical (unpaired) electrons. The van der Waals surface area contributed by atoms with Gasteiger partial charge in [-0.2, -0.15) is 0 Å². The molecule has 0 bridgehead atoms. The van der Waals surface area contributed by atoms with Crippen molar-refractivity contribution in [3.63, 3.8) is 0 Å². The van der Waals surface area contributed by atoms with Crippen molar-refractivity contribution in [2.75, 3.05) is 85.1 Å². The third-order valence-electron chi connectivity index (χ3n) is 5.83. The highest BCUT2D eigenvalue weighted by molar-refractivity contribution is 5.72. The van der Waals surface area contributed by atoms with Crippen LogP contribution in [-0.2, 0) is 28.7 Å². The highest BCUT2D eigenvalue weighted by Gasteiger charge is 2.22. The number of aliphatic carboxylic acids is 2. The van der Waals surface area contributed by atoms with E-state index >= 15 is 0 Å². The zero-order valence-corrected chi connectivity index (χ0v) is 22.9. The number of ether oxygens (including phenoxy) is 2. The Labute approximate surface area is 220 Å². The number of nitrogens with zero attached hydrogens (tertiary/aromatic N) is 4. The summed E-state index contributed by atoms with van der Waals surface area (Å²) in [4.78, 5) is 54.8. The SMILES string of the molecule is CCOC(=O)CCCCN1CCN(CC(=O)O)CCN(CC(=O)O)CCN(CC(=O)OC(C)(C)C)CC1. The summed E-state index contributed by atoms with van der Waals surface area (Å²) in [6.45, 7) is 12.2. The van der Waals surface area contributed by atoms with Crippen LogP contribution in [0.1, 0.15) is 47.0 Å². The monoisotopic (exact) mass is 530 g/mol. The average Bonchev–Trinajstić information content (AvgIpc) is 2.76. The molecule has 1 fully saturated rings. The summed E-state index contributed by atoms with van der Waals surface area (Å²) in [5.41, 5.74) is -0.600. The van der Waals surface area contributed by atoms with Gasteiger partial charge in [0.1, 0.15) is 5.60 Å². The first-order valence-electron chi connectivity index (χ1n) is 13.1. The van der Waals surface area contributed by atoms with E-state index in [-0.39, 0.29) is 31.6 Å². The van der Waals surface area contributed by atoms with Crippen LogP contribution in [0.25, 0.3) is 0 Å². The predicted octanol–water partition coefficient (Wildman–Crippen LogP) is 0.452. The number of hydrogen-bond acceptors (Lipinski definition) is 10. The van der Waals surface area contributed by atoms with E-state index in [1.165, 1.54) is 0 Å². The van der Waals surface area contributed by atoms with E-state index in [1.807, 2.05) is 30.6 Å². The fourth-order valence-corrected chi connectivity index (χ4v) is 4.05. The summed E-state index contributed by atoms with van der Waals surface area (Å²) in [7, 11) is 0. The van der Waals surface area contributed by atoms with Crippen LogP contribution in [0.15, 0.2) is 0 Å². The number of rotatable bonds is 12. The zero-order valence-electron chi connectivity index (χ0n) is 22.9. The second-order valence-electron chi connectivity index (χ2n) is 10.3. The van der Waals surface area contributed by atoms with Crippen molar-refractivity contribution in [1.82, 2.24) is 19.6 Å². The first-order chi connectivity index (χ1) is 17.4. The van der Waals surface area contributed by atoms with Crippen molar-refractivity contribution in [2.45, 2.75) is 52.6 Å². The molecule has 1 saturated heterocycles. The zero-order chi connectivity index (χ0) is 27.8. The molecule has 0 aromatic carbocycles. The summed E-state index contributed by atoms with van der Waals surface area (Å²) < 4.78 is 10.5. The predicted molar refractivity (Wildman–Crippen MR) is 137 cm³/mol. The van der Waals surface area contributed by atoms with E-state index in [9.17, 15) is 29.4 Å². The number of hydrogen-bond donors (Lipinski definition) is 2. The molecular formula is C25H46N4O8. The first-order valence-corrected chi connectivity index (χ1v) is 13.1. The minimum atomic E-state index is -0.954. The van der Waals surface area contributed by atoms with Crippen LogP contribution in [-0.4, -0.2) is 144 Å². The summed E-state index contributed by atoms with van der Waals surface area (Å²) in [6.07, 6.45) is 1.84. The molecule has 1 heterocycles. The van der Waals surface area contributed by atoms with E-state index in [4.69, 9.17) is 9.47 Å². The van der Waals surface area contributed by atoms with Gasteiger partial charge in [-0.15, -0.1) is 0 Å². The molecule has 1 rings (SSSR count). The number of carboxylic acids is 2. The number of esters is 2. The van der Waals surface area contributed by atoms with Crippen LogP contribution in [0.4, 0.5) is 0 Å². The van der Waals surface area contributed by atoms with Gasteiger partial charge in [0.25, 0.3) is 0 Å². The van der Waals surface area contributed by atoms with Gasteiger partial charge in [-0.05, 0) is 47.1 Å². The van der Waals surface area contributed by atoms with Gasteiger partial charge in [0.15, 0.2) is 0 Å². The Bertz CT molecular complexity index is 728. The lowest BCUT2D eigenvalue weighted by atomic mass is 10.2. The highest BCUT2D eigenvalue weighted by Crippen LogP contribution is 2.09. The maximum atomic E-state index is 12.5.